The third-order valence-corrected chi connectivity index (χ3v) is 4.18. The Hall–Kier alpha value is -1.00. The Labute approximate surface area is 122 Å². The molecule has 112 valence electrons. The van der Waals surface area contributed by atoms with Gasteiger partial charge < -0.3 is 10.1 Å². The van der Waals surface area contributed by atoms with Crippen LogP contribution < -0.4 is 5.32 Å². The summed E-state index contributed by atoms with van der Waals surface area (Å²) in [6.07, 6.45) is 6.33. The summed E-state index contributed by atoms with van der Waals surface area (Å²) in [5.74, 6) is 1.66. The minimum absolute atomic E-state index is 0.260. The van der Waals surface area contributed by atoms with Crippen LogP contribution in [0.25, 0.3) is 0 Å². The van der Waals surface area contributed by atoms with E-state index in [1.54, 1.807) is 0 Å². The minimum atomic E-state index is -0.260. The van der Waals surface area contributed by atoms with Crippen LogP contribution in [-0.2, 0) is 16.9 Å². The second-order valence-corrected chi connectivity index (χ2v) is 5.76. The summed E-state index contributed by atoms with van der Waals surface area (Å²) >= 11 is 0. The maximum atomic E-state index is 6.12. The lowest BCUT2D eigenvalue weighted by atomic mass is 9.79. The quantitative estimate of drug-likeness (QED) is 0.868. The van der Waals surface area contributed by atoms with Crippen LogP contribution in [0.5, 0.6) is 0 Å². The maximum absolute atomic E-state index is 6.12. The lowest BCUT2D eigenvalue weighted by molar-refractivity contribution is -0.0838. The van der Waals surface area contributed by atoms with Gasteiger partial charge in [-0.3, -0.25) is 0 Å². The Bertz CT molecular complexity index is 414. The molecule has 1 heterocycles. The highest BCUT2D eigenvalue weighted by Gasteiger charge is 2.39. The van der Waals surface area contributed by atoms with Crippen molar-refractivity contribution in [2.45, 2.75) is 58.6 Å². The van der Waals surface area contributed by atoms with Crippen LogP contribution in [0.4, 0.5) is 0 Å². The molecule has 0 atom stereocenters. The highest BCUT2D eigenvalue weighted by molar-refractivity contribution is 5.10. The SMILES string of the molecule is CCNCc1ccnc(C2(OCC)CCC(C)CC2)n1. The molecular formula is C16H27N3O. The van der Waals surface area contributed by atoms with Crippen LogP contribution in [0.2, 0.25) is 0 Å². The van der Waals surface area contributed by atoms with Crippen molar-refractivity contribution >= 4 is 0 Å². The number of nitrogens with zero attached hydrogens (tertiary/aromatic N) is 2. The first-order valence-electron chi connectivity index (χ1n) is 7.87. The van der Waals surface area contributed by atoms with Crippen molar-refractivity contribution < 1.29 is 4.74 Å². The van der Waals surface area contributed by atoms with Gasteiger partial charge in [-0.2, -0.15) is 0 Å². The molecular weight excluding hydrogens is 250 g/mol. The molecule has 0 radical (unpaired) electrons. The van der Waals surface area contributed by atoms with Crippen molar-refractivity contribution in [1.29, 1.82) is 0 Å². The summed E-state index contributed by atoms with van der Waals surface area (Å²) in [6, 6.07) is 1.98. The molecule has 1 aromatic heterocycles. The zero-order valence-electron chi connectivity index (χ0n) is 13.0. The van der Waals surface area contributed by atoms with Crippen molar-refractivity contribution in [1.82, 2.24) is 15.3 Å². The van der Waals surface area contributed by atoms with E-state index in [4.69, 9.17) is 9.72 Å². The molecule has 4 heteroatoms. The van der Waals surface area contributed by atoms with Gasteiger partial charge in [0.25, 0.3) is 0 Å². The molecule has 0 amide bonds. The second-order valence-electron chi connectivity index (χ2n) is 5.76. The molecule has 1 aromatic rings. The number of hydrogen-bond donors (Lipinski definition) is 1. The van der Waals surface area contributed by atoms with E-state index in [-0.39, 0.29) is 5.60 Å². The van der Waals surface area contributed by atoms with Crippen LogP contribution in [0.15, 0.2) is 12.3 Å². The molecule has 0 aromatic carbocycles. The summed E-state index contributed by atoms with van der Waals surface area (Å²) in [4.78, 5) is 9.27. The number of rotatable bonds is 6. The largest absolute Gasteiger partial charge is 0.367 e. The molecule has 0 aliphatic heterocycles. The molecule has 20 heavy (non-hydrogen) atoms. The average molecular weight is 277 g/mol. The molecule has 0 unspecified atom stereocenters. The summed E-state index contributed by atoms with van der Waals surface area (Å²) in [6.45, 7) is 8.94. The first kappa shape index (κ1) is 15.4. The van der Waals surface area contributed by atoms with Gasteiger partial charge in [-0.15, -0.1) is 0 Å². The molecule has 0 saturated heterocycles. The predicted molar refractivity (Wildman–Crippen MR) is 80.3 cm³/mol. The summed E-state index contributed by atoms with van der Waals surface area (Å²) < 4.78 is 6.12. The molecule has 2 rings (SSSR count). The normalized spacial score (nSPS) is 26.6. The monoisotopic (exact) mass is 277 g/mol. The Kier molecular flexibility index (Phi) is 5.49. The lowest BCUT2D eigenvalue weighted by Gasteiger charge is -2.37. The third kappa shape index (κ3) is 3.55. The van der Waals surface area contributed by atoms with E-state index in [0.29, 0.717) is 0 Å². The standard InChI is InChI=1S/C16H27N3O/c1-4-17-12-14-8-11-18-15(19-14)16(20-5-2)9-6-13(3)7-10-16/h8,11,13,17H,4-7,9-10,12H2,1-3H3. The lowest BCUT2D eigenvalue weighted by Crippen LogP contribution is -2.36. The zero-order valence-corrected chi connectivity index (χ0v) is 13.0. The minimum Gasteiger partial charge on any atom is -0.367 e. The Balaban J connectivity index is 2.20. The number of ether oxygens (including phenoxy) is 1. The van der Waals surface area contributed by atoms with Crippen LogP contribution >= 0.6 is 0 Å². The van der Waals surface area contributed by atoms with Gasteiger partial charge in [0.2, 0.25) is 0 Å². The van der Waals surface area contributed by atoms with Crippen molar-refractivity contribution in [2.24, 2.45) is 5.92 Å². The first-order chi connectivity index (χ1) is 9.70. The summed E-state index contributed by atoms with van der Waals surface area (Å²) in [5.41, 5.74) is 0.790. The van der Waals surface area contributed by atoms with E-state index in [1.165, 1.54) is 12.8 Å². The van der Waals surface area contributed by atoms with E-state index < -0.39 is 0 Å². The fraction of sp³-hybridized carbons (Fsp3) is 0.750. The van der Waals surface area contributed by atoms with Gasteiger partial charge in [-0.05, 0) is 51.1 Å². The van der Waals surface area contributed by atoms with Gasteiger partial charge in [0.05, 0.1) is 5.69 Å². The number of hydrogen-bond acceptors (Lipinski definition) is 4. The Morgan fingerprint density at radius 1 is 1.35 bits per heavy atom. The van der Waals surface area contributed by atoms with Crippen LogP contribution in [0, 0.1) is 5.92 Å². The summed E-state index contributed by atoms with van der Waals surface area (Å²) in [5, 5.41) is 3.32. The third-order valence-electron chi connectivity index (χ3n) is 4.18. The Morgan fingerprint density at radius 3 is 2.75 bits per heavy atom. The number of nitrogens with one attached hydrogen (secondary N) is 1. The molecule has 0 bridgehead atoms. The van der Waals surface area contributed by atoms with Gasteiger partial charge in [0, 0.05) is 19.3 Å². The van der Waals surface area contributed by atoms with Gasteiger partial charge >= 0.3 is 0 Å². The zero-order chi connectivity index (χ0) is 14.4. The van der Waals surface area contributed by atoms with E-state index in [2.05, 4.69) is 31.1 Å². The fourth-order valence-corrected chi connectivity index (χ4v) is 2.90. The Morgan fingerprint density at radius 2 is 2.10 bits per heavy atom. The molecule has 1 aliphatic carbocycles. The van der Waals surface area contributed by atoms with E-state index >= 15 is 0 Å². The molecule has 1 N–H and O–H groups in total. The van der Waals surface area contributed by atoms with Gasteiger partial charge in [0.1, 0.15) is 5.60 Å². The van der Waals surface area contributed by atoms with Crippen molar-refractivity contribution in [3.8, 4) is 0 Å². The number of aromatic nitrogens is 2. The topological polar surface area (TPSA) is 47.0 Å². The maximum Gasteiger partial charge on any atom is 0.160 e. The highest BCUT2D eigenvalue weighted by Crippen LogP contribution is 2.40. The smallest absolute Gasteiger partial charge is 0.160 e. The van der Waals surface area contributed by atoms with Crippen molar-refractivity contribution in [3.63, 3.8) is 0 Å². The first-order valence-corrected chi connectivity index (χ1v) is 7.87. The van der Waals surface area contributed by atoms with Crippen LogP contribution in [0.1, 0.15) is 58.0 Å². The van der Waals surface area contributed by atoms with E-state index in [1.807, 2.05) is 12.3 Å². The van der Waals surface area contributed by atoms with Crippen LogP contribution in [-0.4, -0.2) is 23.1 Å². The molecule has 0 spiro atoms. The molecule has 1 saturated carbocycles. The van der Waals surface area contributed by atoms with E-state index in [0.717, 1.165) is 50.0 Å². The molecule has 1 fully saturated rings. The summed E-state index contributed by atoms with van der Waals surface area (Å²) in [7, 11) is 0. The highest BCUT2D eigenvalue weighted by atomic mass is 16.5. The van der Waals surface area contributed by atoms with Crippen molar-refractivity contribution in [2.75, 3.05) is 13.2 Å². The predicted octanol–water partition coefficient (Wildman–Crippen LogP) is 3.03. The molecule has 4 nitrogen and oxygen atoms in total. The van der Waals surface area contributed by atoms with Gasteiger partial charge in [0.15, 0.2) is 5.82 Å². The fourth-order valence-electron chi connectivity index (χ4n) is 2.90. The van der Waals surface area contributed by atoms with Gasteiger partial charge in [-0.25, -0.2) is 9.97 Å². The average Bonchev–Trinajstić information content (AvgIpc) is 2.48. The van der Waals surface area contributed by atoms with Gasteiger partial charge in [-0.1, -0.05) is 13.8 Å². The van der Waals surface area contributed by atoms with Crippen LogP contribution in [0.3, 0.4) is 0 Å². The van der Waals surface area contributed by atoms with Crippen molar-refractivity contribution in [3.05, 3.63) is 23.8 Å². The molecule has 1 aliphatic rings. The van der Waals surface area contributed by atoms with E-state index in [9.17, 15) is 0 Å². The second kappa shape index (κ2) is 7.14.